The van der Waals surface area contributed by atoms with Crippen LogP contribution in [0.4, 0.5) is 0 Å². The van der Waals surface area contributed by atoms with E-state index in [0.717, 1.165) is 31.1 Å². The van der Waals surface area contributed by atoms with Crippen LogP contribution in [-0.4, -0.2) is 19.0 Å². The Morgan fingerprint density at radius 1 is 1.18 bits per heavy atom. The lowest BCUT2D eigenvalue weighted by Crippen LogP contribution is -2.47. The molecule has 1 aliphatic heterocycles. The van der Waals surface area contributed by atoms with Crippen LogP contribution in [0.5, 0.6) is 0 Å². The Kier molecular flexibility index (Phi) is 2.81. The fourth-order valence-corrected chi connectivity index (χ4v) is 3.64. The molecule has 1 spiro atoms. The highest BCUT2D eigenvalue weighted by Crippen LogP contribution is 2.52. The van der Waals surface area contributed by atoms with Crippen molar-refractivity contribution in [1.82, 2.24) is 0 Å². The summed E-state index contributed by atoms with van der Waals surface area (Å²) in [5.74, 6) is 0.0268. The summed E-state index contributed by atoms with van der Waals surface area (Å²) < 4.78 is 12.1. The highest BCUT2D eigenvalue weighted by molar-refractivity contribution is 6.31. The first kappa shape index (κ1) is 12.0. The van der Waals surface area contributed by atoms with Gasteiger partial charge < -0.3 is 9.47 Å². The summed E-state index contributed by atoms with van der Waals surface area (Å²) in [6.07, 6.45) is 5.92. The minimum Gasteiger partial charge on any atom is -0.344 e. The quantitative estimate of drug-likeness (QED) is 0.656. The zero-order valence-electron chi connectivity index (χ0n) is 10.7. The Labute approximate surface area is 108 Å². The van der Waals surface area contributed by atoms with Crippen molar-refractivity contribution in [2.45, 2.75) is 51.7 Å². The fraction of sp³-hybridized carbons (Fsp3) is 0.857. The molecule has 1 unspecified atom stereocenters. The molecule has 1 heterocycles. The third kappa shape index (κ3) is 1.94. The van der Waals surface area contributed by atoms with E-state index in [9.17, 15) is 0 Å². The fourth-order valence-electron chi connectivity index (χ4n) is 3.21. The van der Waals surface area contributed by atoms with Gasteiger partial charge in [0.05, 0.1) is 18.2 Å². The topological polar surface area (TPSA) is 18.5 Å². The SMILES string of the molecule is CC1(C)COC2(CC3CCCCC3=C2Cl)OC1. The Bertz CT molecular complexity index is 349. The molecule has 0 aromatic heterocycles. The van der Waals surface area contributed by atoms with E-state index < -0.39 is 5.79 Å². The van der Waals surface area contributed by atoms with Gasteiger partial charge in [0.1, 0.15) is 0 Å². The van der Waals surface area contributed by atoms with Crippen molar-refractivity contribution in [2.24, 2.45) is 11.3 Å². The second kappa shape index (κ2) is 3.97. The number of hydrogen-bond acceptors (Lipinski definition) is 2. The molecule has 0 aromatic carbocycles. The van der Waals surface area contributed by atoms with Crippen molar-refractivity contribution >= 4 is 11.6 Å². The minimum absolute atomic E-state index is 0.112. The number of rotatable bonds is 0. The molecule has 96 valence electrons. The molecule has 2 nitrogen and oxygen atoms in total. The van der Waals surface area contributed by atoms with Crippen LogP contribution in [0, 0.1) is 11.3 Å². The van der Waals surface area contributed by atoms with Crippen molar-refractivity contribution in [1.29, 1.82) is 0 Å². The summed E-state index contributed by atoms with van der Waals surface area (Å²) in [5, 5.41) is 0.873. The summed E-state index contributed by atoms with van der Waals surface area (Å²) in [7, 11) is 0. The van der Waals surface area contributed by atoms with E-state index in [1.165, 1.54) is 24.8 Å². The molecule has 0 aromatic rings. The zero-order valence-corrected chi connectivity index (χ0v) is 11.5. The van der Waals surface area contributed by atoms with Crippen molar-refractivity contribution in [3.05, 3.63) is 10.6 Å². The van der Waals surface area contributed by atoms with Crippen LogP contribution >= 0.6 is 11.6 Å². The van der Waals surface area contributed by atoms with E-state index in [1.807, 2.05) is 0 Å². The average Bonchev–Trinajstić information content (AvgIpc) is 2.58. The van der Waals surface area contributed by atoms with Gasteiger partial charge in [-0.3, -0.25) is 0 Å². The highest BCUT2D eigenvalue weighted by atomic mass is 35.5. The summed E-state index contributed by atoms with van der Waals surface area (Å²) in [5.41, 5.74) is 1.53. The maximum Gasteiger partial charge on any atom is 0.206 e. The first-order chi connectivity index (χ1) is 8.03. The second-order valence-corrected chi connectivity index (χ2v) is 6.86. The summed E-state index contributed by atoms with van der Waals surface area (Å²) in [6.45, 7) is 5.82. The van der Waals surface area contributed by atoms with E-state index in [2.05, 4.69) is 13.8 Å². The Morgan fingerprint density at radius 3 is 2.53 bits per heavy atom. The predicted octanol–water partition coefficient (Wildman–Crippen LogP) is 3.84. The first-order valence-corrected chi connectivity index (χ1v) is 7.07. The largest absolute Gasteiger partial charge is 0.344 e. The molecule has 2 aliphatic carbocycles. The van der Waals surface area contributed by atoms with Gasteiger partial charge in [-0.2, -0.15) is 0 Å². The molecular weight excluding hydrogens is 236 g/mol. The lowest BCUT2D eigenvalue weighted by atomic mass is 9.86. The molecular formula is C14H21ClO2. The first-order valence-electron chi connectivity index (χ1n) is 6.69. The van der Waals surface area contributed by atoms with Crippen molar-refractivity contribution in [3.8, 4) is 0 Å². The van der Waals surface area contributed by atoms with E-state index in [0.29, 0.717) is 5.92 Å². The maximum absolute atomic E-state index is 6.54. The summed E-state index contributed by atoms with van der Waals surface area (Å²) in [6, 6.07) is 0. The van der Waals surface area contributed by atoms with Crippen LogP contribution < -0.4 is 0 Å². The van der Waals surface area contributed by atoms with Gasteiger partial charge in [0.2, 0.25) is 5.79 Å². The molecule has 2 fully saturated rings. The zero-order chi connectivity index (χ0) is 12.1. The summed E-state index contributed by atoms with van der Waals surface area (Å²) in [4.78, 5) is 0. The Hall–Kier alpha value is -0.0500. The third-order valence-electron chi connectivity index (χ3n) is 4.27. The molecule has 3 rings (SSSR count). The van der Waals surface area contributed by atoms with Gasteiger partial charge >= 0.3 is 0 Å². The second-order valence-electron chi connectivity index (χ2n) is 6.48. The number of allylic oxidation sites excluding steroid dienone is 1. The van der Waals surface area contributed by atoms with Gasteiger partial charge in [-0.25, -0.2) is 0 Å². The van der Waals surface area contributed by atoms with Gasteiger partial charge in [0, 0.05) is 11.8 Å². The van der Waals surface area contributed by atoms with Gasteiger partial charge in [0.25, 0.3) is 0 Å². The molecule has 0 bridgehead atoms. The molecule has 0 amide bonds. The third-order valence-corrected chi connectivity index (χ3v) is 4.80. The number of fused-ring (bicyclic) bond motifs is 1. The van der Waals surface area contributed by atoms with Crippen LogP contribution in [0.3, 0.4) is 0 Å². The van der Waals surface area contributed by atoms with Crippen LogP contribution in [0.1, 0.15) is 46.0 Å². The van der Waals surface area contributed by atoms with Gasteiger partial charge in [-0.15, -0.1) is 0 Å². The molecule has 3 heteroatoms. The molecule has 0 radical (unpaired) electrons. The van der Waals surface area contributed by atoms with Crippen LogP contribution in [0.25, 0.3) is 0 Å². The molecule has 0 N–H and O–H groups in total. The number of halogens is 1. The van der Waals surface area contributed by atoms with E-state index in [-0.39, 0.29) is 5.41 Å². The van der Waals surface area contributed by atoms with Gasteiger partial charge in [0.15, 0.2) is 0 Å². The van der Waals surface area contributed by atoms with Crippen molar-refractivity contribution in [2.75, 3.05) is 13.2 Å². The average molecular weight is 257 g/mol. The number of hydrogen-bond donors (Lipinski definition) is 0. The Balaban J connectivity index is 1.83. The molecule has 1 saturated heterocycles. The highest BCUT2D eigenvalue weighted by Gasteiger charge is 2.51. The van der Waals surface area contributed by atoms with Crippen molar-refractivity contribution < 1.29 is 9.47 Å². The van der Waals surface area contributed by atoms with Crippen LogP contribution in [0.2, 0.25) is 0 Å². The van der Waals surface area contributed by atoms with E-state index >= 15 is 0 Å². The van der Waals surface area contributed by atoms with E-state index in [1.54, 1.807) is 0 Å². The van der Waals surface area contributed by atoms with Crippen LogP contribution in [0.15, 0.2) is 10.6 Å². The van der Waals surface area contributed by atoms with Crippen LogP contribution in [-0.2, 0) is 9.47 Å². The normalized spacial score (nSPS) is 35.1. The minimum atomic E-state index is -0.582. The maximum atomic E-state index is 6.54. The molecule has 1 atom stereocenters. The number of ether oxygens (including phenoxy) is 2. The summed E-state index contributed by atoms with van der Waals surface area (Å²) >= 11 is 6.54. The molecule has 3 aliphatic rings. The van der Waals surface area contributed by atoms with Gasteiger partial charge in [-0.05, 0) is 30.8 Å². The smallest absolute Gasteiger partial charge is 0.206 e. The predicted molar refractivity (Wildman–Crippen MR) is 67.9 cm³/mol. The standard InChI is InChI=1S/C14H21ClO2/c1-13(2)8-16-14(17-9-13)7-10-5-3-4-6-11(10)12(14)15/h10H,3-9H2,1-2H3. The monoisotopic (exact) mass is 256 g/mol. The van der Waals surface area contributed by atoms with Gasteiger partial charge in [-0.1, -0.05) is 31.9 Å². The van der Waals surface area contributed by atoms with E-state index in [4.69, 9.17) is 21.1 Å². The van der Waals surface area contributed by atoms with Crippen molar-refractivity contribution in [3.63, 3.8) is 0 Å². The Morgan fingerprint density at radius 2 is 1.88 bits per heavy atom. The lowest BCUT2D eigenvalue weighted by Gasteiger charge is -2.41. The molecule has 17 heavy (non-hydrogen) atoms. The lowest BCUT2D eigenvalue weighted by molar-refractivity contribution is -0.275. The molecule has 1 saturated carbocycles.